The molecule has 4 aliphatic heterocycles. The minimum atomic E-state index is -4.74. The Balaban J connectivity index is 1.09. The highest BCUT2D eigenvalue weighted by Gasteiger charge is 2.64. The van der Waals surface area contributed by atoms with Crippen LogP contribution in [0, 0.1) is 0 Å². The van der Waals surface area contributed by atoms with Crippen LogP contribution in [-0.2, 0) is 37.3 Å². The SMILES string of the molecule is Nc1nc2c(ncn2C2O[C@H]3C[C@@H]2OP(=O)(O)OCC24COC(C(n5cnc6c(N)ncnc65)O2)C4OCO3)c(=O)[nH]1. The first-order chi connectivity index (χ1) is 20.2. The molecule has 6 N–H and O–H groups in total. The molecule has 0 saturated carbocycles. The fraction of sp³-hybridized carbons (Fsp3) is 0.524. The summed E-state index contributed by atoms with van der Waals surface area (Å²) in [6.45, 7) is -0.679. The molecule has 4 bridgehead atoms. The molecule has 42 heavy (non-hydrogen) atoms. The van der Waals surface area contributed by atoms with Crippen LogP contribution >= 0.6 is 7.82 Å². The summed E-state index contributed by atoms with van der Waals surface area (Å²) in [6.07, 6.45) is -1.26. The number of rotatable bonds is 2. The van der Waals surface area contributed by atoms with Gasteiger partial charge in [-0.2, -0.15) is 4.98 Å². The van der Waals surface area contributed by atoms with Gasteiger partial charge in [0.25, 0.3) is 5.56 Å². The number of imidazole rings is 2. The van der Waals surface area contributed by atoms with Crippen molar-refractivity contribution in [3.05, 3.63) is 29.3 Å². The third-order valence-electron chi connectivity index (χ3n) is 7.64. The summed E-state index contributed by atoms with van der Waals surface area (Å²) < 4.78 is 57.6. The number of nitrogens with zero attached hydrogens (tertiary/aromatic N) is 7. The van der Waals surface area contributed by atoms with Gasteiger partial charge in [-0.05, 0) is 0 Å². The van der Waals surface area contributed by atoms with Crippen molar-refractivity contribution in [3.63, 3.8) is 0 Å². The van der Waals surface area contributed by atoms with Crippen molar-refractivity contribution >= 4 is 41.9 Å². The number of nitrogens with two attached hydrogens (primary N) is 2. The zero-order valence-electron chi connectivity index (χ0n) is 21.4. The van der Waals surface area contributed by atoms with Crippen LogP contribution in [0.4, 0.5) is 11.8 Å². The number of ether oxygens (including phenoxy) is 5. The van der Waals surface area contributed by atoms with Crippen molar-refractivity contribution in [1.82, 2.24) is 39.0 Å². The summed E-state index contributed by atoms with van der Waals surface area (Å²) in [6, 6.07) is 0. The Morgan fingerprint density at radius 2 is 1.83 bits per heavy atom. The fourth-order valence-corrected chi connectivity index (χ4v) is 6.76. The van der Waals surface area contributed by atoms with Crippen LogP contribution in [0.15, 0.2) is 23.8 Å². The van der Waals surface area contributed by atoms with Gasteiger partial charge in [0.05, 0.1) is 25.9 Å². The topological polar surface area (TPSA) is 261 Å². The van der Waals surface area contributed by atoms with Gasteiger partial charge >= 0.3 is 7.82 Å². The molecule has 0 spiro atoms. The number of hydrogen-bond donors (Lipinski definition) is 4. The molecule has 0 amide bonds. The number of aromatic amines is 1. The first kappa shape index (κ1) is 26.1. The fourth-order valence-electron chi connectivity index (χ4n) is 5.78. The normalized spacial score (nSPS) is 36.7. The minimum absolute atomic E-state index is 0.00275. The maximum atomic E-state index is 13.2. The van der Waals surface area contributed by atoms with Crippen LogP contribution in [0.2, 0.25) is 0 Å². The van der Waals surface area contributed by atoms with Crippen LogP contribution in [-0.4, -0.2) is 94.1 Å². The number of nitrogen functional groups attached to an aromatic ring is 2. The Morgan fingerprint density at radius 1 is 1.02 bits per heavy atom. The number of H-pyrrole nitrogens is 1. The average molecular weight is 606 g/mol. The Hall–Kier alpha value is -3.59. The molecule has 21 heteroatoms. The Bertz CT molecular complexity index is 1810. The molecule has 6 unspecified atom stereocenters. The van der Waals surface area contributed by atoms with E-state index in [1.54, 1.807) is 4.57 Å². The van der Waals surface area contributed by atoms with E-state index in [0.717, 1.165) is 0 Å². The molecule has 4 aromatic rings. The van der Waals surface area contributed by atoms with Gasteiger partial charge in [0.1, 0.15) is 35.8 Å². The summed E-state index contributed by atoms with van der Waals surface area (Å²) in [4.78, 5) is 46.1. The molecule has 8 atom stereocenters. The number of aromatic nitrogens is 8. The van der Waals surface area contributed by atoms with E-state index in [9.17, 15) is 14.3 Å². The summed E-state index contributed by atoms with van der Waals surface area (Å²) in [7, 11) is -4.74. The van der Waals surface area contributed by atoms with Gasteiger partial charge in [-0.3, -0.25) is 28.0 Å². The van der Waals surface area contributed by atoms with Crippen LogP contribution in [0.25, 0.3) is 22.3 Å². The smallest absolute Gasteiger partial charge is 0.382 e. The number of hydrogen-bond acceptors (Lipinski definition) is 16. The van der Waals surface area contributed by atoms with E-state index in [1.807, 2.05) is 0 Å². The van der Waals surface area contributed by atoms with Crippen molar-refractivity contribution in [1.29, 1.82) is 0 Å². The molecular formula is C21H23N10O10P. The summed E-state index contributed by atoms with van der Waals surface area (Å²) >= 11 is 0. The Labute approximate surface area is 233 Å². The monoisotopic (exact) mass is 606 g/mol. The lowest BCUT2D eigenvalue weighted by atomic mass is 10.0. The first-order valence-corrected chi connectivity index (χ1v) is 14.2. The zero-order chi connectivity index (χ0) is 28.8. The van der Waals surface area contributed by atoms with Crippen LogP contribution in [0.1, 0.15) is 18.9 Å². The predicted molar refractivity (Wildman–Crippen MR) is 135 cm³/mol. The third-order valence-corrected chi connectivity index (χ3v) is 8.63. The van der Waals surface area contributed by atoms with E-state index in [-0.39, 0.29) is 42.8 Å². The van der Waals surface area contributed by atoms with Gasteiger partial charge in [-0.15, -0.1) is 0 Å². The molecule has 0 radical (unpaired) electrons. The number of nitrogens with one attached hydrogen (secondary N) is 1. The maximum absolute atomic E-state index is 13.2. The highest BCUT2D eigenvalue weighted by molar-refractivity contribution is 7.47. The van der Waals surface area contributed by atoms with Crippen molar-refractivity contribution < 1.29 is 42.2 Å². The zero-order valence-corrected chi connectivity index (χ0v) is 22.3. The van der Waals surface area contributed by atoms with Gasteiger partial charge < -0.3 is 40.0 Å². The van der Waals surface area contributed by atoms with Crippen LogP contribution in [0.5, 0.6) is 0 Å². The van der Waals surface area contributed by atoms with E-state index >= 15 is 0 Å². The summed E-state index contributed by atoms with van der Waals surface area (Å²) in [5.41, 5.74) is 10.6. The van der Waals surface area contributed by atoms with Crippen molar-refractivity contribution in [2.75, 3.05) is 31.5 Å². The number of fused-ring (bicyclic) bond motifs is 4. The van der Waals surface area contributed by atoms with E-state index in [1.165, 1.54) is 23.5 Å². The average Bonchev–Trinajstić information content (AvgIpc) is 3.75. The first-order valence-electron chi connectivity index (χ1n) is 12.7. The van der Waals surface area contributed by atoms with Gasteiger partial charge in [-0.1, -0.05) is 0 Å². The highest BCUT2D eigenvalue weighted by atomic mass is 31.2. The molecule has 8 rings (SSSR count). The van der Waals surface area contributed by atoms with Crippen molar-refractivity contribution in [2.45, 2.75) is 49.1 Å². The summed E-state index contributed by atoms with van der Waals surface area (Å²) in [5.74, 6) is 0.0517. The van der Waals surface area contributed by atoms with Crippen molar-refractivity contribution in [2.24, 2.45) is 0 Å². The predicted octanol–water partition coefficient (Wildman–Crippen LogP) is -1.09. The van der Waals surface area contributed by atoms with E-state index in [0.29, 0.717) is 11.2 Å². The molecule has 0 aliphatic carbocycles. The lowest BCUT2D eigenvalue weighted by Gasteiger charge is -2.32. The van der Waals surface area contributed by atoms with Gasteiger partial charge in [0.15, 0.2) is 48.2 Å². The van der Waals surface area contributed by atoms with Gasteiger partial charge in [0, 0.05) is 6.42 Å². The molecule has 20 nitrogen and oxygen atoms in total. The van der Waals surface area contributed by atoms with Gasteiger partial charge in [0.2, 0.25) is 5.95 Å². The maximum Gasteiger partial charge on any atom is 0.472 e. The second-order valence-electron chi connectivity index (χ2n) is 10.2. The molecule has 4 saturated heterocycles. The van der Waals surface area contributed by atoms with E-state index in [4.69, 9.17) is 44.2 Å². The number of phosphoric ester groups is 1. The molecule has 4 aromatic heterocycles. The molecule has 8 heterocycles. The van der Waals surface area contributed by atoms with Crippen molar-refractivity contribution in [3.8, 4) is 0 Å². The summed E-state index contributed by atoms with van der Waals surface area (Å²) in [5, 5.41) is 0. The minimum Gasteiger partial charge on any atom is -0.382 e. The van der Waals surface area contributed by atoms with Crippen LogP contribution in [0.3, 0.4) is 0 Å². The van der Waals surface area contributed by atoms with Gasteiger partial charge in [-0.25, -0.2) is 24.5 Å². The second kappa shape index (κ2) is 9.20. The highest BCUT2D eigenvalue weighted by Crippen LogP contribution is 2.54. The van der Waals surface area contributed by atoms with E-state index in [2.05, 4.69) is 29.9 Å². The third kappa shape index (κ3) is 3.96. The molecule has 0 aromatic carbocycles. The van der Waals surface area contributed by atoms with E-state index < -0.39 is 62.6 Å². The molecule has 222 valence electrons. The quantitative estimate of drug-likeness (QED) is 0.197. The molecule has 4 fully saturated rings. The lowest BCUT2D eigenvalue weighted by molar-refractivity contribution is -0.220. The standard InChI is InChI=1S/C21H23N10O10P/c22-14-10-15(25-4-24-14)30(5-26-10)19-12-13-21(40-19,2-35-12)3-38-42(33,34)41-8-1-9(36-7-37-13)39-18(8)31-6-27-11-16(31)28-20(23)29-17(11)32/h4-6,8-9,12-13,18-19H,1-3,7H2,(H,33,34)(H2,22,24,25)(H3,23,28,29,32)/t8-,9-,12?,13?,18?,19?,21?/m0/s1. The molecular weight excluding hydrogens is 583 g/mol. The van der Waals surface area contributed by atoms with Crippen LogP contribution < -0.4 is 17.0 Å². The Kier molecular flexibility index (Phi) is 5.71. The number of phosphoric acid groups is 1. The second-order valence-corrected chi connectivity index (χ2v) is 11.6. The number of anilines is 2. The Morgan fingerprint density at radius 3 is 2.69 bits per heavy atom. The lowest BCUT2D eigenvalue weighted by Crippen LogP contribution is -2.46. The largest absolute Gasteiger partial charge is 0.472 e. The molecule has 4 aliphatic rings.